The van der Waals surface area contributed by atoms with Crippen LogP contribution >= 0.6 is 0 Å². The normalized spacial score (nSPS) is 17.9. The molecule has 290 valence electrons. The number of hydrogen-bond donors (Lipinski definition) is 5. The van der Waals surface area contributed by atoms with E-state index < -0.39 is 54.0 Å². The molecule has 1 heterocycles. The topological polar surface area (TPSA) is 174 Å². The number of rotatable bonds is 18. The number of carbonyl (C=O) groups is 5. The Bertz CT molecular complexity index is 1560. The Morgan fingerprint density at radius 2 is 1.60 bits per heavy atom. The van der Waals surface area contributed by atoms with Crippen LogP contribution < -0.4 is 20.7 Å². The first-order chi connectivity index (χ1) is 25.2. The van der Waals surface area contributed by atoms with Crippen LogP contribution in [0.4, 0.5) is 0 Å². The molecular formula is C41H58N4O8. The Balaban J connectivity index is 1.62. The van der Waals surface area contributed by atoms with Gasteiger partial charge in [-0.3, -0.25) is 19.2 Å². The van der Waals surface area contributed by atoms with E-state index in [1.165, 1.54) is 24.0 Å². The Morgan fingerprint density at radius 1 is 0.906 bits per heavy atom. The van der Waals surface area contributed by atoms with Crippen LogP contribution in [0, 0.1) is 17.8 Å². The van der Waals surface area contributed by atoms with E-state index in [2.05, 4.69) is 16.0 Å². The second kappa shape index (κ2) is 19.6. The Hall–Kier alpha value is -4.45. The highest BCUT2D eigenvalue weighted by molar-refractivity contribution is 5.92. The number of fused-ring (bicyclic) bond motifs is 1. The lowest BCUT2D eigenvalue weighted by molar-refractivity contribution is -0.143. The van der Waals surface area contributed by atoms with Crippen molar-refractivity contribution in [3.8, 4) is 5.75 Å². The SMILES string of the molecule is CC(=O)N(C1COc2ccc(C(=O)O)cc21)[C@@H](Cc1ccccc1)C(=O)N[C@@H](CC(C)C)C(=O)N[C@@H](CC1CCCCC1)[C@@H](O)CC(=O)NCC(C)C. The van der Waals surface area contributed by atoms with E-state index in [-0.39, 0.29) is 55.1 Å². The zero-order chi connectivity index (χ0) is 38.7. The number of amides is 4. The number of carboxylic acids is 1. The highest BCUT2D eigenvalue weighted by Crippen LogP contribution is 2.38. The number of aromatic carboxylic acids is 1. The maximum absolute atomic E-state index is 14.5. The third kappa shape index (κ3) is 12.0. The average molecular weight is 735 g/mol. The molecule has 1 saturated carbocycles. The number of aliphatic hydroxyl groups excluding tert-OH is 1. The molecule has 1 fully saturated rings. The zero-order valence-corrected chi connectivity index (χ0v) is 31.8. The highest BCUT2D eigenvalue weighted by atomic mass is 16.5. The first kappa shape index (κ1) is 41.3. The van der Waals surface area contributed by atoms with Crippen molar-refractivity contribution in [3.05, 3.63) is 65.2 Å². The van der Waals surface area contributed by atoms with E-state index in [4.69, 9.17) is 4.74 Å². The molecule has 1 unspecified atom stereocenters. The second-order valence-corrected chi connectivity index (χ2v) is 15.5. The molecule has 0 spiro atoms. The summed E-state index contributed by atoms with van der Waals surface area (Å²) in [6.45, 7) is 9.72. The van der Waals surface area contributed by atoms with Crippen LogP contribution in [-0.2, 0) is 25.6 Å². The summed E-state index contributed by atoms with van der Waals surface area (Å²) in [5, 5.41) is 29.9. The molecule has 12 nitrogen and oxygen atoms in total. The van der Waals surface area contributed by atoms with E-state index in [1.54, 1.807) is 6.07 Å². The van der Waals surface area contributed by atoms with Gasteiger partial charge in [0.1, 0.15) is 24.4 Å². The molecule has 2 aromatic carbocycles. The van der Waals surface area contributed by atoms with Crippen LogP contribution in [0.15, 0.2) is 48.5 Å². The fraction of sp³-hybridized carbons (Fsp3) is 0.585. The molecule has 1 aliphatic heterocycles. The van der Waals surface area contributed by atoms with Crippen molar-refractivity contribution in [1.82, 2.24) is 20.9 Å². The summed E-state index contributed by atoms with van der Waals surface area (Å²) in [6.07, 6.45) is 4.90. The molecule has 12 heteroatoms. The minimum atomic E-state index is -1.13. The molecule has 0 bridgehead atoms. The molecule has 53 heavy (non-hydrogen) atoms. The molecule has 0 aromatic heterocycles. The van der Waals surface area contributed by atoms with Crippen molar-refractivity contribution in [3.63, 3.8) is 0 Å². The monoisotopic (exact) mass is 734 g/mol. The van der Waals surface area contributed by atoms with Crippen LogP contribution in [0.1, 0.15) is 114 Å². The number of aliphatic hydroxyl groups is 1. The minimum Gasteiger partial charge on any atom is -0.491 e. The van der Waals surface area contributed by atoms with Gasteiger partial charge in [0.25, 0.3) is 0 Å². The summed E-state index contributed by atoms with van der Waals surface area (Å²) < 4.78 is 5.88. The van der Waals surface area contributed by atoms with Gasteiger partial charge in [-0.2, -0.15) is 0 Å². The smallest absolute Gasteiger partial charge is 0.335 e. The fourth-order valence-corrected chi connectivity index (χ4v) is 7.44. The van der Waals surface area contributed by atoms with Gasteiger partial charge in [0.2, 0.25) is 23.6 Å². The van der Waals surface area contributed by atoms with Crippen LogP contribution in [0.3, 0.4) is 0 Å². The molecule has 0 saturated heterocycles. The molecule has 5 atom stereocenters. The van der Waals surface area contributed by atoms with Gasteiger partial charge in [-0.15, -0.1) is 0 Å². The molecule has 0 radical (unpaired) electrons. The van der Waals surface area contributed by atoms with Gasteiger partial charge in [-0.1, -0.05) is 90.1 Å². The van der Waals surface area contributed by atoms with Crippen molar-refractivity contribution >= 4 is 29.6 Å². The van der Waals surface area contributed by atoms with E-state index in [9.17, 15) is 34.2 Å². The van der Waals surface area contributed by atoms with Gasteiger partial charge < -0.3 is 35.8 Å². The number of benzene rings is 2. The number of nitrogens with one attached hydrogen (secondary N) is 3. The van der Waals surface area contributed by atoms with Crippen molar-refractivity contribution < 1.29 is 38.9 Å². The molecule has 2 aromatic rings. The predicted octanol–water partition coefficient (Wildman–Crippen LogP) is 4.79. The molecule has 5 N–H and O–H groups in total. The van der Waals surface area contributed by atoms with Gasteiger partial charge in [0, 0.05) is 25.5 Å². The van der Waals surface area contributed by atoms with Gasteiger partial charge >= 0.3 is 5.97 Å². The minimum absolute atomic E-state index is 0.00406. The lowest BCUT2D eigenvalue weighted by atomic mass is 9.83. The van der Waals surface area contributed by atoms with Crippen molar-refractivity contribution in [2.75, 3.05) is 13.2 Å². The van der Waals surface area contributed by atoms with Crippen LogP contribution in [0.5, 0.6) is 5.75 Å². The van der Waals surface area contributed by atoms with E-state index in [0.717, 1.165) is 37.7 Å². The molecule has 4 amide bonds. The summed E-state index contributed by atoms with van der Waals surface area (Å²) in [5.74, 6) is -1.89. The fourth-order valence-electron chi connectivity index (χ4n) is 7.44. The lowest BCUT2D eigenvalue weighted by Gasteiger charge is -2.36. The van der Waals surface area contributed by atoms with Crippen LogP contribution in [0.2, 0.25) is 0 Å². The summed E-state index contributed by atoms with van der Waals surface area (Å²) in [4.78, 5) is 68.2. The summed E-state index contributed by atoms with van der Waals surface area (Å²) in [5.41, 5.74) is 1.30. The third-order valence-corrected chi connectivity index (χ3v) is 10.2. The van der Waals surface area contributed by atoms with Crippen molar-refractivity contribution in [2.45, 2.75) is 123 Å². The molecular weight excluding hydrogens is 676 g/mol. The Labute approximate surface area is 313 Å². The number of carboxylic acid groups (broad SMARTS) is 1. The number of nitrogens with zero attached hydrogens (tertiary/aromatic N) is 1. The van der Waals surface area contributed by atoms with Gasteiger partial charge in [0.15, 0.2) is 0 Å². The average Bonchev–Trinajstić information content (AvgIpc) is 3.53. The molecule has 1 aliphatic carbocycles. The Kier molecular flexibility index (Phi) is 15.3. The summed E-state index contributed by atoms with van der Waals surface area (Å²) in [6, 6.07) is 10.2. The zero-order valence-electron chi connectivity index (χ0n) is 31.8. The second-order valence-electron chi connectivity index (χ2n) is 15.5. The third-order valence-electron chi connectivity index (χ3n) is 10.2. The number of ether oxygens (including phenoxy) is 1. The van der Waals surface area contributed by atoms with Crippen LogP contribution in [0.25, 0.3) is 0 Å². The highest BCUT2D eigenvalue weighted by Gasteiger charge is 2.40. The van der Waals surface area contributed by atoms with Gasteiger partial charge in [-0.25, -0.2) is 4.79 Å². The predicted molar refractivity (Wildman–Crippen MR) is 201 cm³/mol. The van der Waals surface area contributed by atoms with E-state index in [1.807, 2.05) is 58.0 Å². The summed E-state index contributed by atoms with van der Waals surface area (Å²) >= 11 is 0. The first-order valence-electron chi connectivity index (χ1n) is 19.1. The number of carbonyl (C=O) groups excluding carboxylic acids is 4. The van der Waals surface area contributed by atoms with Crippen molar-refractivity contribution in [2.24, 2.45) is 17.8 Å². The maximum atomic E-state index is 14.5. The first-order valence-corrected chi connectivity index (χ1v) is 19.1. The van der Waals surface area contributed by atoms with Gasteiger partial charge in [0.05, 0.1) is 30.2 Å². The van der Waals surface area contributed by atoms with Gasteiger partial charge in [-0.05, 0) is 54.4 Å². The quantitative estimate of drug-likeness (QED) is 0.145. The molecule has 4 rings (SSSR count). The van der Waals surface area contributed by atoms with E-state index in [0.29, 0.717) is 24.3 Å². The molecule has 2 aliphatic rings. The van der Waals surface area contributed by atoms with E-state index >= 15 is 0 Å². The summed E-state index contributed by atoms with van der Waals surface area (Å²) in [7, 11) is 0. The maximum Gasteiger partial charge on any atom is 0.335 e. The largest absolute Gasteiger partial charge is 0.491 e. The standard InChI is InChI=1S/C41H58N4O8/c1-25(2)18-33(39(49)43-32(19-28-12-8-6-9-13-28)36(47)22-38(48)42-23-26(3)4)44-40(50)34(20-29-14-10-7-11-15-29)45(27(5)46)35-24-53-37-17-16-30(41(51)52)21-31(35)37/h7,10-11,14-17,21,25-26,28,32-36,47H,6,8-9,12-13,18-20,22-24H2,1-5H3,(H,42,48)(H,43,49)(H,44,50)(H,51,52)/t32-,33-,34-,35?,36-/m0/s1. The Morgan fingerprint density at radius 3 is 2.23 bits per heavy atom. The lowest BCUT2D eigenvalue weighted by Crippen LogP contribution is -2.58. The number of hydrogen-bond acceptors (Lipinski definition) is 7. The van der Waals surface area contributed by atoms with Crippen molar-refractivity contribution in [1.29, 1.82) is 0 Å². The van der Waals surface area contributed by atoms with Crippen LogP contribution in [-0.4, -0.2) is 82.1 Å².